The van der Waals surface area contributed by atoms with Crippen molar-refractivity contribution in [2.75, 3.05) is 6.54 Å². The van der Waals surface area contributed by atoms with Crippen molar-refractivity contribution in [2.24, 2.45) is 5.73 Å². The Bertz CT molecular complexity index is 376. The Kier molecular flexibility index (Phi) is 5.03. The van der Waals surface area contributed by atoms with Gasteiger partial charge in [0.05, 0.1) is 0 Å². The quantitative estimate of drug-likeness (QED) is 0.748. The van der Waals surface area contributed by atoms with Crippen LogP contribution in [0.3, 0.4) is 0 Å². The molecule has 3 N–H and O–H groups in total. The molecule has 1 atom stereocenters. The number of primary amides is 1. The van der Waals surface area contributed by atoms with E-state index in [1.165, 1.54) is 12.1 Å². The van der Waals surface area contributed by atoms with Gasteiger partial charge in [-0.15, -0.1) is 0 Å². The average molecular weight is 242 g/mol. The molecule has 3 nitrogen and oxygen atoms in total. The minimum absolute atomic E-state index is 0.173. The van der Waals surface area contributed by atoms with E-state index >= 15 is 0 Å². The van der Waals surface area contributed by atoms with Crippen LogP contribution in [0, 0.1) is 11.6 Å². The molecule has 0 spiro atoms. The summed E-state index contributed by atoms with van der Waals surface area (Å²) >= 11 is 0. The molecule has 1 aromatic carbocycles. The van der Waals surface area contributed by atoms with E-state index in [0.29, 0.717) is 24.9 Å². The van der Waals surface area contributed by atoms with Crippen molar-refractivity contribution < 1.29 is 13.6 Å². The molecule has 5 heteroatoms. The molecule has 0 aliphatic rings. The van der Waals surface area contributed by atoms with Gasteiger partial charge in [0.25, 0.3) is 0 Å². The predicted octanol–water partition coefficient (Wildman–Crippen LogP) is 1.88. The molecule has 0 aliphatic carbocycles. The van der Waals surface area contributed by atoms with Gasteiger partial charge in [0.15, 0.2) is 0 Å². The number of benzene rings is 1. The van der Waals surface area contributed by atoms with Gasteiger partial charge >= 0.3 is 0 Å². The normalized spacial score (nSPS) is 12.4. The van der Waals surface area contributed by atoms with E-state index in [1.807, 2.05) is 0 Å². The molecule has 0 aliphatic heterocycles. The van der Waals surface area contributed by atoms with Gasteiger partial charge in [0.1, 0.15) is 11.6 Å². The first kappa shape index (κ1) is 13.6. The molecule has 0 heterocycles. The van der Waals surface area contributed by atoms with Gasteiger partial charge in [0, 0.05) is 18.5 Å². The zero-order valence-electron chi connectivity index (χ0n) is 9.67. The number of hydrogen-bond donors (Lipinski definition) is 2. The zero-order valence-corrected chi connectivity index (χ0v) is 9.67. The van der Waals surface area contributed by atoms with Gasteiger partial charge in [-0.2, -0.15) is 0 Å². The summed E-state index contributed by atoms with van der Waals surface area (Å²) in [5, 5.41) is 3.07. The Labute approximate surface area is 99.0 Å². The molecule has 1 unspecified atom stereocenters. The molecule has 1 rings (SSSR count). The van der Waals surface area contributed by atoms with Crippen molar-refractivity contribution in [1.29, 1.82) is 0 Å². The van der Waals surface area contributed by atoms with E-state index in [9.17, 15) is 13.6 Å². The number of nitrogens with one attached hydrogen (secondary N) is 1. The first-order valence-electron chi connectivity index (χ1n) is 5.46. The number of hydrogen-bond acceptors (Lipinski definition) is 2. The largest absolute Gasteiger partial charge is 0.370 e. The first-order chi connectivity index (χ1) is 7.99. The van der Waals surface area contributed by atoms with E-state index in [-0.39, 0.29) is 11.9 Å². The molecule has 0 saturated heterocycles. The molecule has 0 saturated carbocycles. The molecule has 94 valence electrons. The molecule has 0 aromatic heterocycles. The fraction of sp³-hybridized carbons (Fsp3) is 0.417. The van der Waals surface area contributed by atoms with Gasteiger partial charge in [-0.25, -0.2) is 8.78 Å². The van der Waals surface area contributed by atoms with Crippen molar-refractivity contribution in [3.8, 4) is 0 Å². The highest BCUT2D eigenvalue weighted by molar-refractivity contribution is 5.73. The molecule has 0 fully saturated rings. The molecular weight excluding hydrogens is 226 g/mol. The highest BCUT2D eigenvalue weighted by Crippen LogP contribution is 2.15. The maximum Gasteiger partial charge on any atom is 0.217 e. The number of amides is 1. The van der Waals surface area contributed by atoms with E-state index in [1.54, 1.807) is 6.92 Å². The minimum Gasteiger partial charge on any atom is -0.370 e. The smallest absolute Gasteiger partial charge is 0.217 e. The van der Waals surface area contributed by atoms with Crippen molar-refractivity contribution in [1.82, 2.24) is 5.32 Å². The van der Waals surface area contributed by atoms with Gasteiger partial charge in [-0.05, 0) is 37.6 Å². The van der Waals surface area contributed by atoms with Crippen LogP contribution in [0.1, 0.15) is 31.4 Å². The monoisotopic (exact) mass is 242 g/mol. The second-order valence-electron chi connectivity index (χ2n) is 3.95. The lowest BCUT2D eigenvalue weighted by Gasteiger charge is -2.14. The maximum atomic E-state index is 13.0. The summed E-state index contributed by atoms with van der Waals surface area (Å²) in [6.45, 7) is 2.38. The van der Waals surface area contributed by atoms with E-state index in [2.05, 4.69) is 5.32 Å². The third-order valence-electron chi connectivity index (χ3n) is 2.44. The van der Waals surface area contributed by atoms with Crippen LogP contribution in [-0.2, 0) is 4.79 Å². The predicted molar refractivity (Wildman–Crippen MR) is 61.2 cm³/mol. The second-order valence-corrected chi connectivity index (χ2v) is 3.95. The number of carbonyl (C=O) groups is 1. The number of rotatable bonds is 6. The Morgan fingerprint density at radius 2 is 1.94 bits per heavy atom. The number of halogens is 2. The lowest BCUT2D eigenvalue weighted by atomic mass is 10.1. The number of carbonyl (C=O) groups excluding carboxylic acids is 1. The summed E-state index contributed by atoms with van der Waals surface area (Å²) in [4.78, 5) is 10.5. The van der Waals surface area contributed by atoms with Crippen LogP contribution in [0.25, 0.3) is 0 Å². The van der Waals surface area contributed by atoms with Crippen molar-refractivity contribution in [3.05, 3.63) is 35.4 Å². The van der Waals surface area contributed by atoms with Crippen molar-refractivity contribution in [2.45, 2.75) is 25.8 Å². The van der Waals surface area contributed by atoms with Crippen LogP contribution in [0.15, 0.2) is 18.2 Å². The minimum atomic E-state index is -0.592. The molecule has 0 radical (unpaired) electrons. The summed E-state index contributed by atoms with van der Waals surface area (Å²) in [7, 11) is 0. The van der Waals surface area contributed by atoms with Gasteiger partial charge in [-0.1, -0.05) is 0 Å². The van der Waals surface area contributed by atoms with E-state index in [0.717, 1.165) is 6.07 Å². The van der Waals surface area contributed by atoms with Crippen molar-refractivity contribution in [3.63, 3.8) is 0 Å². The zero-order chi connectivity index (χ0) is 12.8. The summed E-state index contributed by atoms with van der Waals surface area (Å²) in [6, 6.07) is 3.24. The van der Waals surface area contributed by atoms with Crippen LogP contribution in [0.2, 0.25) is 0 Å². The van der Waals surface area contributed by atoms with Crippen LogP contribution in [0.5, 0.6) is 0 Å². The van der Waals surface area contributed by atoms with Crippen molar-refractivity contribution >= 4 is 5.91 Å². The molecule has 1 aromatic rings. The topological polar surface area (TPSA) is 55.1 Å². The fourth-order valence-electron chi connectivity index (χ4n) is 1.52. The standard InChI is InChI=1S/C12H16F2N2O/c1-8(16-4-2-3-12(15)17)9-5-10(13)7-11(14)6-9/h5-8,16H,2-4H2,1H3,(H2,15,17). The summed E-state index contributed by atoms with van der Waals surface area (Å²) in [6.07, 6.45) is 0.911. The highest BCUT2D eigenvalue weighted by atomic mass is 19.1. The van der Waals surface area contributed by atoms with Crippen LogP contribution in [-0.4, -0.2) is 12.5 Å². The highest BCUT2D eigenvalue weighted by Gasteiger charge is 2.08. The van der Waals surface area contributed by atoms with Crippen LogP contribution >= 0.6 is 0 Å². The van der Waals surface area contributed by atoms with Gasteiger partial charge in [-0.3, -0.25) is 4.79 Å². The SMILES string of the molecule is CC(NCCCC(N)=O)c1cc(F)cc(F)c1. The first-order valence-corrected chi connectivity index (χ1v) is 5.46. The maximum absolute atomic E-state index is 13.0. The number of nitrogens with two attached hydrogens (primary N) is 1. The molecule has 17 heavy (non-hydrogen) atoms. The van der Waals surface area contributed by atoms with Crippen LogP contribution < -0.4 is 11.1 Å². The van der Waals surface area contributed by atoms with Crippen LogP contribution in [0.4, 0.5) is 8.78 Å². The summed E-state index contributed by atoms with van der Waals surface area (Å²) in [5.74, 6) is -1.53. The molecule has 0 bridgehead atoms. The Morgan fingerprint density at radius 1 is 1.35 bits per heavy atom. The van der Waals surface area contributed by atoms with E-state index < -0.39 is 11.6 Å². The molecule has 1 amide bonds. The third kappa shape index (κ3) is 4.91. The van der Waals surface area contributed by atoms with E-state index in [4.69, 9.17) is 5.73 Å². The third-order valence-corrected chi connectivity index (χ3v) is 2.44. The lowest BCUT2D eigenvalue weighted by molar-refractivity contribution is -0.118. The van der Waals surface area contributed by atoms with Gasteiger partial charge < -0.3 is 11.1 Å². The average Bonchev–Trinajstić information content (AvgIpc) is 2.22. The lowest BCUT2D eigenvalue weighted by Crippen LogP contribution is -2.22. The Morgan fingerprint density at radius 3 is 2.47 bits per heavy atom. The summed E-state index contributed by atoms with van der Waals surface area (Å²) in [5.41, 5.74) is 5.54. The Balaban J connectivity index is 2.46. The Hall–Kier alpha value is -1.49. The second kappa shape index (κ2) is 6.30. The fourth-order valence-corrected chi connectivity index (χ4v) is 1.52. The van der Waals surface area contributed by atoms with Gasteiger partial charge in [0.2, 0.25) is 5.91 Å². The molecular formula is C12H16F2N2O. The summed E-state index contributed by atoms with van der Waals surface area (Å²) < 4.78 is 25.9.